The number of rotatable bonds is 0. The zero-order valence-corrected chi connectivity index (χ0v) is 7.94. The highest BCUT2D eigenvalue weighted by atomic mass is 32.2. The summed E-state index contributed by atoms with van der Waals surface area (Å²) < 4.78 is 0.199. The van der Waals surface area contributed by atoms with Gasteiger partial charge < -0.3 is 0 Å². The molecule has 1 aromatic heterocycles. The molecule has 0 spiro atoms. The van der Waals surface area contributed by atoms with Crippen molar-refractivity contribution in [1.29, 1.82) is 0 Å². The Hall–Kier alpha value is -0.150. The molecule has 3 heteroatoms. The highest BCUT2D eigenvalue weighted by Crippen LogP contribution is 2.25. The molecule has 0 saturated carbocycles. The average molecular weight is 174 g/mol. The monoisotopic (exact) mass is 174 g/mol. The molecule has 0 radical (unpaired) electrons. The fourth-order valence-electron chi connectivity index (χ4n) is 0.569. The summed E-state index contributed by atoms with van der Waals surface area (Å²) in [5, 5.41) is 1.95. The minimum atomic E-state index is 0.143. The first kappa shape index (κ1) is 7.95. The third kappa shape index (κ3) is 1.67. The van der Waals surface area contributed by atoms with Crippen LogP contribution in [0.3, 0.4) is 0 Å². The first-order chi connectivity index (χ1) is 4.50. The maximum atomic E-state index is 10.8. The molecule has 1 rings (SSSR count). The molecule has 0 amide bonds. The maximum Gasteiger partial charge on any atom is 0.287 e. The van der Waals surface area contributed by atoms with E-state index in [4.69, 9.17) is 0 Å². The van der Waals surface area contributed by atoms with Gasteiger partial charge in [0.1, 0.15) is 0 Å². The molecule has 0 aliphatic rings. The average Bonchev–Trinajstić information content (AvgIpc) is 2.11. The van der Waals surface area contributed by atoms with Crippen molar-refractivity contribution >= 4 is 22.7 Å². The lowest BCUT2D eigenvalue weighted by Crippen LogP contribution is -2.08. The topological polar surface area (TPSA) is 17.1 Å². The molecule has 0 N–H and O–H groups in total. The second kappa shape index (κ2) is 2.47. The largest absolute Gasteiger partial charge is 0.287 e. The molecule has 0 aliphatic carbocycles. The van der Waals surface area contributed by atoms with Gasteiger partial charge in [-0.25, -0.2) is 0 Å². The van der Waals surface area contributed by atoms with Gasteiger partial charge in [0, 0.05) is 10.3 Å². The van der Waals surface area contributed by atoms with Crippen LogP contribution in [0.15, 0.2) is 10.2 Å². The molecular formula is C7H10OS2. The number of hydrogen-bond acceptors (Lipinski definition) is 3. The van der Waals surface area contributed by atoms with Crippen molar-refractivity contribution in [2.24, 2.45) is 0 Å². The minimum absolute atomic E-state index is 0.143. The van der Waals surface area contributed by atoms with E-state index in [9.17, 15) is 4.79 Å². The SMILES string of the molecule is CC(C)(C)c1csc(=O)s1. The van der Waals surface area contributed by atoms with E-state index in [2.05, 4.69) is 20.8 Å². The molecule has 56 valence electrons. The zero-order valence-electron chi connectivity index (χ0n) is 6.30. The van der Waals surface area contributed by atoms with Gasteiger partial charge in [-0.05, 0) is 5.41 Å². The lowest BCUT2D eigenvalue weighted by Gasteiger charge is -2.13. The van der Waals surface area contributed by atoms with Crippen LogP contribution in [-0.4, -0.2) is 0 Å². The fraction of sp³-hybridized carbons (Fsp3) is 0.571. The van der Waals surface area contributed by atoms with Gasteiger partial charge in [0.15, 0.2) is 0 Å². The molecule has 1 heterocycles. The van der Waals surface area contributed by atoms with Crippen molar-refractivity contribution in [2.45, 2.75) is 26.2 Å². The van der Waals surface area contributed by atoms with Crippen LogP contribution in [0.5, 0.6) is 0 Å². The summed E-state index contributed by atoms with van der Waals surface area (Å²) in [7, 11) is 0. The Labute approximate surface area is 68.3 Å². The lowest BCUT2D eigenvalue weighted by molar-refractivity contribution is 0.605. The maximum absolute atomic E-state index is 10.8. The molecule has 1 nitrogen and oxygen atoms in total. The molecule has 0 fully saturated rings. The van der Waals surface area contributed by atoms with E-state index in [0.717, 1.165) is 0 Å². The first-order valence-electron chi connectivity index (χ1n) is 3.09. The van der Waals surface area contributed by atoms with Gasteiger partial charge in [-0.1, -0.05) is 43.4 Å². The first-order valence-corrected chi connectivity index (χ1v) is 4.79. The van der Waals surface area contributed by atoms with Crippen molar-refractivity contribution in [2.75, 3.05) is 0 Å². The Morgan fingerprint density at radius 2 is 2.00 bits per heavy atom. The summed E-state index contributed by atoms with van der Waals surface area (Å²) in [6, 6.07) is 0. The second-order valence-corrected chi connectivity index (χ2v) is 5.32. The third-order valence-corrected chi connectivity index (χ3v) is 3.55. The summed E-state index contributed by atoms with van der Waals surface area (Å²) in [6.45, 7) is 6.35. The Balaban J connectivity index is 3.07. The molecule has 1 aromatic rings. The standard InChI is InChI=1S/C7H10OS2/c1-7(2,3)5-4-9-6(8)10-5/h4H,1-3H3. The van der Waals surface area contributed by atoms with Gasteiger partial charge in [0.05, 0.1) is 0 Å². The minimum Gasteiger partial charge on any atom is -0.265 e. The lowest BCUT2D eigenvalue weighted by atomic mass is 9.96. The molecule has 0 bridgehead atoms. The van der Waals surface area contributed by atoms with Gasteiger partial charge in [0.25, 0.3) is 4.06 Å². The van der Waals surface area contributed by atoms with Crippen LogP contribution in [0.1, 0.15) is 25.6 Å². The van der Waals surface area contributed by atoms with E-state index < -0.39 is 0 Å². The van der Waals surface area contributed by atoms with Crippen LogP contribution in [0.2, 0.25) is 0 Å². The number of hydrogen-bond donors (Lipinski definition) is 0. The van der Waals surface area contributed by atoms with Gasteiger partial charge in [-0.2, -0.15) is 0 Å². The van der Waals surface area contributed by atoms with Gasteiger partial charge in [-0.15, -0.1) is 0 Å². The molecule has 10 heavy (non-hydrogen) atoms. The normalized spacial score (nSPS) is 11.9. The summed E-state index contributed by atoms with van der Waals surface area (Å²) in [4.78, 5) is 12.0. The van der Waals surface area contributed by atoms with E-state index in [-0.39, 0.29) is 9.47 Å². The Bertz CT molecular complexity index is 264. The molecule has 0 atom stereocenters. The Kier molecular flexibility index (Phi) is 1.97. The van der Waals surface area contributed by atoms with Gasteiger partial charge >= 0.3 is 0 Å². The van der Waals surface area contributed by atoms with Crippen molar-refractivity contribution in [1.82, 2.24) is 0 Å². The quantitative estimate of drug-likeness (QED) is 0.590. The van der Waals surface area contributed by atoms with Gasteiger partial charge in [-0.3, -0.25) is 4.79 Å². The van der Waals surface area contributed by atoms with E-state index in [1.807, 2.05) is 5.38 Å². The fourth-order valence-corrected chi connectivity index (χ4v) is 2.55. The van der Waals surface area contributed by atoms with E-state index in [0.29, 0.717) is 0 Å². The van der Waals surface area contributed by atoms with Crippen LogP contribution < -0.4 is 4.06 Å². The van der Waals surface area contributed by atoms with E-state index in [1.54, 1.807) is 0 Å². The van der Waals surface area contributed by atoms with Crippen LogP contribution in [0.4, 0.5) is 0 Å². The summed E-state index contributed by atoms with van der Waals surface area (Å²) in [6.07, 6.45) is 0. The van der Waals surface area contributed by atoms with Crippen LogP contribution in [-0.2, 0) is 5.41 Å². The third-order valence-electron chi connectivity index (χ3n) is 1.19. The van der Waals surface area contributed by atoms with Gasteiger partial charge in [0.2, 0.25) is 0 Å². The highest BCUT2D eigenvalue weighted by Gasteiger charge is 2.15. The molecule has 0 unspecified atom stereocenters. The van der Waals surface area contributed by atoms with Crippen molar-refractivity contribution in [3.8, 4) is 0 Å². The predicted octanol–water partition coefficient (Wildman–Crippen LogP) is 2.47. The Morgan fingerprint density at radius 3 is 2.20 bits per heavy atom. The Morgan fingerprint density at radius 1 is 1.40 bits per heavy atom. The second-order valence-electron chi connectivity index (χ2n) is 3.20. The van der Waals surface area contributed by atoms with E-state index in [1.165, 1.54) is 27.6 Å². The van der Waals surface area contributed by atoms with Crippen molar-refractivity contribution in [3.05, 3.63) is 19.1 Å². The van der Waals surface area contributed by atoms with E-state index >= 15 is 0 Å². The van der Waals surface area contributed by atoms with Crippen LogP contribution >= 0.6 is 22.7 Å². The molecule has 0 aromatic carbocycles. The summed E-state index contributed by atoms with van der Waals surface area (Å²) in [5.41, 5.74) is 0.143. The van der Waals surface area contributed by atoms with Crippen LogP contribution in [0, 0.1) is 0 Å². The predicted molar refractivity (Wildman–Crippen MR) is 47.2 cm³/mol. The molecule has 0 saturated heterocycles. The van der Waals surface area contributed by atoms with Crippen molar-refractivity contribution < 1.29 is 0 Å². The smallest absolute Gasteiger partial charge is 0.265 e. The van der Waals surface area contributed by atoms with Crippen molar-refractivity contribution in [3.63, 3.8) is 0 Å². The highest BCUT2D eigenvalue weighted by molar-refractivity contribution is 7.26. The zero-order chi connectivity index (χ0) is 7.78. The summed E-state index contributed by atoms with van der Waals surface area (Å²) in [5.74, 6) is 0. The molecular weight excluding hydrogens is 164 g/mol. The summed E-state index contributed by atoms with van der Waals surface area (Å²) >= 11 is 2.65. The van der Waals surface area contributed by atoms with Crippen LogP contribution in [0.25, 0.3) is 0 Å². The molecule has 0 aliphatic heterocycles.